The maximum Gasteiger partial charge on any atom is 0.305 e. The lowest BCUT2D eigenvalue weighted by molar-refractivity contribution is -0.138. The van der Waals surface area contributed by atoms with E-state index in [9.17, 15) is 9.59 Å². The van der Waals surface area contributed by atoms with Crippen LogP contribution in [0.15, 0.2) is 16.6 Å². The minimum Gasteiger partial charge on any atom is -0.481 e. The lowest BCUT2D eigenvalue weighted by Crippen LogP contribution is -2.49. The molecule has 1 aliphatic heterocycles. The van der Waals surface area contributed by atoms with Gasteiger partial charge in [-0.1, -0.05) is 13.8 Å². The number of halogens is 1. The fourth-order valence-electron chi connectivity index (χ4n) is 2.42. The maximum absolute atomic E-state index is 12.5. The Labute approximate surface area is 136 Å². The first-order chi connectivity index (χ1) is 10.4. The van der Waals surface area contributed by atoms with Crippen molar-refractivity contribution in [1.82, 2.24) is 5.32 Å². The molecule has 120 valence electrons. The highest BCUT2D eigenvalue weighted by Crippen LogP contribution is 2.40. The van der Waals surface area contributed by atoms with Crippen LogP contribution < -0.4 is 14.8 Å². The van der Waals surface area contributed by atoms with Gasteiger partial charge in [-0.15, -0.1) is 0 Å². The molecule has 0 spiro atoms. The Morgan fingerprint density at radius 1 is 1.32 bits per heavy atom. The van der Waals surface area contributed by atoms with Crippen molar-refractivity contribution in [1.29, 1.82) is 0 Å². The van der Waals surface area contributed by atoms with Crippen LogP contribution in [-0.2, 0) is 4.79 Å². The number of rotatable bonds is 6. The van der Waals surface area contributed by atoms with Crippen LogP contribution in [0.5, 0.6) is 11.5 Å². The van der Waals surface area contributed by atoms with E-state index in [0.717, 1.165) is 0 Å². The number of amides is 1. The zero-order chi connectivity index (χ0) is 16.3. The quantitative estimate of drug-likeness (QED) is 0.802. The monoisotopic (exact) mass is 371 g/mol. The smallest absolute Gasteiger partial charge is 0.305 e. The molecule has 0 radical (unpaired) electrons. The molecular weight excluding hydrogens is 354 g/mol. The molecule has 0 atom stereocenters. The van der Waals surface area contributed by atoms with Gasteiger partial charge in [-0.2, -0.15) is 0 Å². The molecule has 1 amide bonds. The summed E-state index contributed by atoms with van der Waals surface area (Å²) < 4.78 is 11.2. The minimum atomic E-state index is -0.934. The molecule has 0 aromatic heterocycles. The first-order valence-electron chi connectivity index (χ1n) is 7.04. The van der Waals surface area contributed by atoms with Crippen molar-refractivity contribution in [2.45, 2.75) is 38.6 Å². The minimum absolute atomic E-state index is 0.114. The average Bonchev–Trinajstić information content (AvgIpc) is 2.94. The van der Waals surface area contributed by atoms with Crippen LogP contribution in [0.4, 0.5) is 0 Å². The van der Waals surface area contributed by atoms with Crippen LogP contribution in [0.3, 0.4) is 0 Å². The Morgan fingerprint density at radius 3 is 2.59 bits per heavy atom. The van der Waals surface area contributed by atoms with Crippen LogP contribution in [-0.4, -0.2) is 29.3 Å². The summed E-state index contributed by atoms with van der Waals surface area (Å²) >= 11 is 3.34. The second-order valence-corrected chi connectivity index (χ2v) is 6.06. The summed E-state index contributed by atoms with van der Waals surface area (Å²) in [5.41, 5.74) is -0.362. The van der Waals surface area contributed by atoms with Crippen molar-refractivity contribution >= 4 is 27.8 Å². The van der Waals surface area contributed by atoms with Crippen LogP contribution >= 0.6 is 15.9 Å². The van der Waals surface area contributed by atoms with Gasteiger partial charge in [0.1, 0.15) is 0 Å². The summed E-state index contributed by atoms with van der Waals surface area (Å²) in [6.45, 7) is 3.84. The number of benzene rings is 1. The second-order valence-electron chi connectivity index (χ2n) is 5.20. The number of aliphatic carboxylic acids is 1. The average molecular weight is 372 g/mol. The molecule has 7 heteroatoms. The number of carbonyl (C=O) groups is 2. The van der Waals surface area contributed by atoms with Gasteiger partial charge < -0.3 is 19.9 Å². The van der Waals surface area contributed by atoms with E-state index in [1.165, 1.54) is 0 Å². The molecule has 2 rings (SSSR count). The number of carbonyl (C=O) groups excluding carboxylic acids is 1. The van der Waals surface area contributed by atoms with Gasteiger partial charge in [0.2, 0.25) is 6.79 Å². The molecule has 1 aliphatic rings. The van der Waals surface area contributed by atoms with Gasteiger partial charge in [0, 0.05) is 5.56 Å². The van der Waals surface area contributed by atoms with Crippen molar-refractivity contribution < 1.29 is 24.2 Å². The number of hydrogen-bond donors (Lipinski definition) is 2. The van der Waals surface area contributed by atoms with Gasteiger partial charge >= 0.3 is 5.97 Å². The molecule has 0 saturated carbocycles. The van der Waals surface area contributed by atoms with E-state index in [2.05, 4.69) is 21.2 Å². The Hall–Kier alpha value is -1.76. The molecule has 0 aliphatic carbocycles. The molecule has 1 heterocycles. The Balaban J connectivity index is 2.24. The van der Waals surface area contributed by atoms with Gasteiger partial charge in [0.05, 0.1) is 16.4 Å². The van der Waals surface area contributed by atoms with E-state index in [1.807, 2.05) is 13.8 Å². The second kappa shape index (κ2) is 6.56. The lowest BCUT2D eigenvalue weighted by atomic mass is 9.88. The third-order valence-electron chi connectivity index (χ3n) is 3.91. The summed E-state index contributed by atoms with van der Waals surface area (Å²) in [5, 5.41) is 11.9. The molecule has 0 saturated heterocycles. The summed E-state index contributed by atoms with van der Waals surface area (Å²) in [6, 6.07) is 3.24. The molecular formula is C15H18BrNO5. The van der Waals surface area contributed by atoms with Crippen molar-refractivity contribution in [2.24, 2.45) is 0 Å². The van der Waals surface area contributed by atoms with Crippen LogP contribution in [0.25, 0.3) is 0 Å². The maximum atomic E-state index is 12.5. The number of carboxylic acids is 1. The standard InChI is InChI=1S/C15H18BrNO5/c1-3-15(4-2,7-12(18)19)17-14(20)9-5-10(16)13-11(6-9)21-8-22-13/h5-6H,3-4,7-8H2,1-2H3,(H,17,20)(H,18,19). The molecule has 0 fully saturated rings. The lowest BCUT2D eigenvalue weighted by Gasteiger charge is -2.31. The Bertz CT molecular complexity index is 598. The fraction of sp³-hybridized carbons (Fsp3) is 0.467. The topological polar surface area (TPSA) is 84.9 Å². The van der Waals surface area contributed by atoms with Gasteiger partial charge in [-0.3, -0.25) is 9.59 Å². The summed E-state index contributed by atoms with van der Waals surface area (Å²) in [7, 11) is 0. The SMILES string of the molecule is CCC(CC)(CC(=O)O)NC(=O)c1cc(Br)c2c(c1)OCO2. The van der Waals surface area contributed by atoms with Gasteiger partial charge in [-0.25, -0.2) is 0 Å². The predicted molar refractivity (Wildman–Crippen MR) is 83.3 cm³/mol. The van der Waals surface area contributed by atoms with E-state index in [0.29, 0.717) is 34.4 Å². The summed E-state index contributed by atoms with van der Waals surface area (Å²) in [6.07, 6.45) is 0.956. The summed E-state index contributed by atoms with van der Waals surface area (Å²) in [5.74, 6) is -0.199. The van der Waals surface area contributed by atoms with Crippen molar-refractivity contribution in [3.05, 3.63) is 22.2 Å². The predicted octanol–water partition coefficient (Wildman–Crippen LogP) is 2.94. The van der Waals surface area contributed by atoms with Crippen LogP contribution in [0.2, 0.25) is 0 Å². The highest BCUT2D eigenvalue weighted by molar-refractivity contribution is 9.10. The van der Waals surface area contributed by atoms with Crippen LogP contribution in [0, 0.1) is 0 Å². The highest BCUT2D eigenvalue weighted by atomic mass is 79.9. The molecule has 2 N–H and O–H groups in total. The van der Waals surface area contributed by atoms with Gasteiger partial charge in [0.15, 0.2) is 11.5 Å². The van der Waals surface area contributed by atoms with E-state index in [1.54, 1.807) is 12.1 Å². The van der Waals surface area contributed by atoms with Crippen LogP contribution in [0.1, 0.15) is 43.5 Å². The molecule has 0 bridgehead atoms. The van der Waals surface area contributed by atoms with Crippen molar-refractivity contribution in [2.75, 3.05) is 6.79 Å². The number of fused-ring (bicyclic) bond motifs is 1. The molecule has 22 heavy (non-hydrogen) atoms. The largest absolute Gasteiger partial charge is 0.481 e. The number of hydrogen-bond acceptors (Lipinski definition) is 4. The molecule has 6 nitrogen and oxygen atoms in total. The van der Waals surface area contributed by atoms with Crippen molar-refractivity contribution in [3.8, 4) is 11.5 Å². The first-order valence-corrected chi connectivity index (χ1v) is 7.83. The number of ether oxygens (including phenoxy) is 2. The van der Waals surface area contributed by atoms with Crippen molar-refractivity contribution in [3.63, 3.8) is 0 Å². The molecule has 1 aromatic rings. The Kier molecular flexibility index (Phi) is 4.95. The molecule has 1 aromatic carbocycles. The Morgan fingerprint density at radius 2 is 2.00 bits per heavy atom. The van der Waals surface area contributed by atoms with Gasteiger partial charge in [-0.05, 0) is 40.9 Å². The highest BCUT2D eigenvalue weighted by Gasteiger charge is 2.32. The zero-order valence-electron chi connectivity index (χ0n) is 12.4. The van der Waals surface area contributed by atoms with E-state index in [4.69, 9.17) is 14.6 Å². The summed E-state index contributed by atoms with van der Waals surface area (Å²) in [4.78, 5) is 23.6. The van der Waals surface area contributed by atoms with E-state index < -0.39 is 11.5 Å². The normalized spacial score (nSPS) is 13.0. The third kappa shape index (κ3) is 3.35. The number of nitrogens with one attached hydrogen (secondary N) is 1. The molecule has 0 unspecified atom stereocenters. The third-order valence-corrected chi connectivity index (χ3v) is 4.50. The van der Waals surface area contributed by atoms with E-state index >= 15 is 0 Å². The first kappa shape index (κ1) is 16.6. The zero-order valence-corrected chi connectivity index (χ0v) is 14.0. The van der Waals surface area contributed by atoms with Gasteiger partial charge in [0.25, 0.3) is 5.91 Å². The fourth-order valence-corrected chi connectivity index (χ4v) is 2.98. The number of carboxylic acid groups (broad SMARTS) is 1. The van der Waals surface area contributed by atoms with E-state index in [-0.39, 0.29) is 19.1 Å².